The number of alkyl halides is 2. The molecule has 0 unspecified atom stereocenters. The van der Waals surface area contributed by atoms with E-state index in [4.69, 9.17) is 0 Å². The van der Waals surface area contributed by atoms with Gasteiger partial charge < -0.3 is 4.90 Å². The van der Waals surface area contributed by atoms with Crippen molar-refractivity contribution in [1.82, 2.24) is 25.1 Å². The molecule has 0 bridgehead atoms. The van der Waals surface area contributed by atoms with Gasteiger partial charge in [0.1, 0.15) is 0 Å². The second-order valence-corrected chi connectivity index (χ2v) is 6.94. The van der Waals surface area contributed by atoms with Gasteiger partial charge in [-0.3, -0.25) is 4.79 Å². The second-order valence-electron chi connectivity index (χ2n) is 6.94. The zero-order valence-electron chi connectivity index (χ0n) is 16.1. The molecular weight excluding hydrogens is 364 g/mol. The van der Waals surface area contributed by atoms with E-state index >= 15 is 0 Å². The largest absolute Gasteiger partial charge is 0.345 e. The van der Waals surface area contributed by atoms with Crippen molar-refractivity contribution < 1.29 is 13.6 Å². The van der Waals surface area contributed by atoms with Gasteiger partial charge in [0.25, 0.3) is 11.8 Å². The maximum Gasteiger partial charge on any atom is 0.270 e. The van der Waals surface area contributed by atoms with Crippen LogP contribution < -0.4 is 0 Å². The first-order valence-corrected chi connectivity index (χ1v) is 8.71. The molecule has 0 spiro atoms. The summed E-state index contributed by atoms with van der Waals surface area (Å²) in [6.45, 7) is 0.875. The van der Waals surface area contributed by atoms with E-state index in [0.29, 0.717) is 23.4 Å². The molecule has 0 fully saturated rings. The monoisotopic (exact) mass is 385 g/mol. The highest BCUT2D eigenvalue weighted by Crippen LogP contribution is 2.28. The number of hydrogen-bond acceptors (Lipinski definition) is 4. The minimum absolute atomic E-state index is 0.0287. The molecule has 3 aromatic rings. The Balaban J connectivity index is 1.99. The summed E-state index contributed by atoms with van der Waals surface area (Å²) in [6.07, 6.45) is 0.486. The molecule has 146 valence electrons. The topological polar surface area (TPSA) is 63.9 Å². The molecule has 3 rings (SSSR count). The van der Waals surface area contributed by atoms with Crippen molar-refractivity contribution in [1.29, 1.82) is 0 Å². The Bertz CT molecular complexity index is 991. The average molecular weight is 385 g/mol. The molecule has 8 heteroatoms. The fourth-order valence-electron chi connectivity index (χ4n) is 2.86. The summed E-state index contributed by atoms with van der Waals surface area (Å²) in [5.41, 5.74) is 2.91. The lowest BCUT2D eigenvalue weighted by Gasteiger charge is -2.14. The number of hydrogen-bond donors (Lipinski definition) is 0. The number of tetrazole rings is 1. The van der Waals surface area contributed by atoms with Crippen LogP contribution in [0.5, 0.6) is 0 Å². The summed E-state index contributed by atoms with van der Waals surface area (Å²) in [4.78, 5) is 15.2. The lowest BCUT2D eigenvalue weighted by Crippen LogP contribution is -2.21. The van der Waals surface area contributed by atoms with Crippen LogP contribution in [0.25, 0.3) is 11.4 Å². The van der Waals surface area contributed by atoms with Gasteiger partial charge in [0.05, 0.1) is 7.05 Å². The third-order valence-electron chi connectivity index (χ3n) is 4.37. The van der Waals surface area contributed by atoms with Gasteiger partial charge in [-0.1, -0.05) is 30.3 Å². The highest BCUT2D eigenvalue weighted by molar-refractivity contribution is 5.95. The summed E-state index contributed by atoms with van der Waals surface area (Å²) in [6, 6.07) is 11.5. The van der Waals surface area contributed by atoms with Gasteiger partial charge in [0, 0.05) is 37.7 Å². The summed E-state index contributed by atoms with van der Waals surface area (Å²) in [5.74, 6) is -2.60. The fourth-order valence-corrected chi connectivity index (χ4v) is 2.86. The fraction of sp³-hybridized carbons (Fsp3) is 0.300. The Morgan fingerprint density at radius 3 is 2.36 bits per heavy atom. The van der Waals surface area contributed by atoms with E-state index in [-0.39, 0.29) is 11.5 Å². The second kappa shape index (κ2) is 7.46. The molecular formula is C20H21F2N5O. The highest BCUT2D eigenvalue weighted by Gasteiger charge is 2.23. The van der Waals surface area contributed by atoms with Crippen molar-refractivity contribution in [2.24, 2.45) is 7.05 Å². The molecule has 0 aliphatic carbocycles. The molecule has 0 aliphatic rings. The molecule has 0 saturated carbocycles. The van der Waals surface area contributed by atoms with Gasteiger partial charge >= 0.3 is 0 Å². The number of rotatable bonds is 5. The summed E-state index contributed by atoms with van der Waals surface area (Å²) < 4.78 is 26.8. The summed E-state index contributed by atoms with van der Waals surface area (Å²) >= 11 is 0. The van der Waals surface area contributed by atoms with Crippen LogP contribution >= 0.6 is 0 Å². The number of aryl methyl sites for hydroxylation is 1. The molecule has 28 heavy (non-hydrogen) atoms. The smallest absolute Gasteiger partial charge is 0.270 e. The lowest BCUT2D eigenvalue weighted by atomic mass is 9.96. The van der Waals surface area contributed by atoms with Crippen LogP contribution in [0.1, 0.15) is 34.0 Å². The standard InChI is InChI=1S/C20H21F2N5O/c1-20(21,22)16-9-5-13(6-10-16)11-14-7-8-15(19(28)26(2)3)12-17(14)18-23-25-27(4)24-18/h5-10,12H,11H2,1-4H3. The summed E-state index contributed by atoms with van der Waals surface area (Å²) in [7, 11) is 5.03. The number of nitrogens with zero attached hydrogens (tertiary/aromatic N) is 5. The van der Waals surface area contributed by atoms with E-state index in [9.17, 15) is 13.6 Å². The maximum atomic E-state index is 13.4. The Labute approximate surface area is 161 Å². The Morgan fingerprint density at radius 1 is 1.14 bits per heavy atom. The Morgan fingerprint density at radius 2 is 1.82 bits per heavy atom. The van der Waals surface area contributed by atoms with E-state index in [0.717, 1.165) is 18.1 Å². The molecule has 6 nitrogen and oxygen atoms in total. The molecule has 0 atom stereocenters. The first kappa shape index (κ1) is 19.6. The number of halogens is 2. The third kappa shape index (κ3) is 4.21. The number of carbonyl (C=O) groups is 1. The number of carbonyl (C=O) groups excluding carboxylic acids is 1. The van der Waals surface area contributed by atoms with Crippen LogP contribution in [-0.2, 0) is 19.4 Å². The van der Waals surface area contributed by atoms with Gasteiger partial charge in [-0.05, 0) is 34.9 Å². The normalized spacial score (nSPS) is 11.5. The van der Waals surface area contributed by atoms with Gasteiger partial charge in [0.15, 0.2) is 0 Å². The molecule has 1 heterocycles. The quantitative estimate of drug-likeness (QED) is 0.676. The van der Waals surface area contributed by atoms with Crippen LogP contribution in [0, 0.1) is 0 Å². The van der Waals surface area contributed by atoms with Crippen LogP contribution in [0.15, 0.2) is 42.5 Å². The highest BCUT2D eigenvalue weighted by atomic mass is 19.3. The Hall–Kier alpha value is -3.16. The first-order valence-electron chi connectivity index (χ1n) is 8.71. The van der Waals surface area contributed by atoms with Gasteiger partial charge in [0.2, 0.25) is 5.82 Å². The first-order chi connectivity index (χ1) is 13.1. The zero-order chi connectivity index (χ0) is 20.5. The molecule has 1 aromatic heterocycles. The van der Waals surface area contributed by atoms with Crippen molar-refractivity contribution >= 4 is 5.91 Å². The van der Waals surface area contributed by atoms with E-state index in [2.05, 4.69) is 15.4 Å². The van der Waals surface area contributed by atoms with Crippen molar-refractivity contribution in [2.45, 2.75) is 19.3 Å². The molecule has 0 N–H and O–H groups in total. The van der Waals surface area contributed by atoms with Crippen molar-refractivity contribution in [3.05, 3.63) is 64.7 Å². The van der Waals surface area contributed by atoms with Crippen LogP contribution in [0.3, 0.4) is 0 Å². The van der Waals surface area contributed by atoms with E-state index in [1.807, 2.05) is 6.07 Å². The molecule has 0 saturated heterocycles. The number of benzene rings is 2. The van der Waals surface area contributed by atoms with Crippen LogP contribution in [-0.4, -0.2) is 45.1 Å². The van der Waals surface area contributed by atoms with Crippen LogP contribution in [0.4, 0.5) is 8.78 Å². The van der Waals surface area contributed by atoms with Crippen molar-refractivity contribution in [2.75, 3.05) is 14.1 Å². The van der Waals surface area contributed by atoms with Crippen molar-refractivity contribution in [3.8, 4) is 11.4 Å². The maximum absolute atomic E-state index is 13.4. The SMILES string of the molecule is CN(C)C(=O)c1ccc(Cc2ccc(C(C)(F)F)cc2)c(-c2nnn(C)n2)c1. The number of aromatic nitrogens is 4. The van der Waals surface area contributed by atoms with Gasteiger partial charge in [-0.2, -0.15) is 4.80 Å². The van der Waals surface area contributed by atoms with Gasteiger partial charge in [-0.25, -0.2) is 8.78 Å². The van der Waals surface area contributed by atoms with E-state index in [1.165, 1.54) is 21.8 Å². The lowest BCUT2D eigenvalue weighted by molar-refractivity contribution is 0.0174. The molecule has 0 aliphatic heterocycles. The van der Waals surface area contributed by atoms with Crippen molar-refractivity contribution in [3.63, 3.8) is 0 Å². The Kier molecular flexibility index (Phi) is 5.22. The molecule has 0 radical (unpaired) electrons. The van der Waals surface area contributed by atoms with Crippen LogP contribution in [0.2, 0.25) is 0 Å². The minimum Gasteiger partial charge on any atom is -0.345 e. The number of amides is 1. The van der Waals surface area contributed by atoms with E-state index < -0.39 is 5.92 Å². The minimum atomic E-state index is -2.87. The van der Waals surface area contributed by atoms with Gasteiger partial charge in [-0.15, -0.1) is 10.2 Å². The molecule has 2 aromatic carbocycles. The predicted molar refractivity (Wildman–Crippen MR) is 101 cm³/mol. The molecule has 1 amide bonds. The average Bonchev–Trinajstić information content (AvgIpc) is 3.07. The predicted octanol–water partition coefficient (Wildman–Crippen LogP) is 3.28. The zero-order valence-corrected chi connectivity index (χ0v) is 16.1. The third-order valence-corrected chi connectivity index (χ3v) is 4.37. The van der Waals surface area contributed by atoms with E-state index in [1.54, 1.807) is 45.4 Å². The summed E-state index contributed by atoms with van der Waals surface area (Å²) in [5, 5.41) is 12.2.